The average molecular weight is 381 g/mol. The highest BCUT2D eigenvalue weighted by molar-refractivity contribution is 7.09. The lowest BCUT2D eigenvalue weighted by Gasteiger charge is -2.09. The van der Waals surface area contributed by atoms with E-state index in [1.54, 1.807) is 48.5 Å². The van der Waals surface area contributed by atoms with Crippen molar-refractivity contribution in [2.24, 2.45) is 0 Å². The maximum Gasteiger partial charge on any atom is 0.407 e. The molecule has 1 heterocycles. The lowest BCUT2D eigenvalue weighted by molar-refractivity contribution is 0.102. The summed E-state index contributed by atoms with van der Waals surface area (Å²) in [5.41, 5.74) is 8.27. The second-order valence-corrected chi connectivity index (χ2v) is 6.78. The van der Waals surface area contributed by atoms with Gasteiger partial charge in [-0.05, 0) is 41.3 Å². The summed E-state index contributed by atoms with van der Waals surface area (Å²) in [6.07, 6.45) is -0.482. The second kappa shape index (κ2) is 8.86. The van der Waals surface area contributed by atoms with Crippen LogP contribution in [0.25, 0.3) is 0 Å². The number of carbonyl (C=O) groups is 2. The Morgan fingerprint density at radius 1 is 1.00 bits per heavy atom. The highest BCUT2D eigenvalue weighted by Gasteiger charge is 2.08. The van der Waals surface area contributed by atoms with Gasteiger partial charge < -0.3 is 21.1 Å². The first-order valence-electron chi connectivity index (χ1n) is 8.29. The summed E-state index contributed by atoms with van der Waals surface area (Å²) >= 11 is 1.53. The fourth-order valence-corrected chi connectivity index (χ4v) is 2.95. The van der Waals surface area contributed by atoms with Crippen molar-refractivity contribution in [2.45, 2.75) is 13.2 Å². The Balaban J connectivity index is 1.48. The summed E-state index contributed by atoms with van der Waals surface area (Å²) in [7, 11) is 0. The van der Waals surface area contributed by atoms with Crippen LogP contribution in [0.2, 0.25) is 0 Å². The molecule has 1 aromatic heterocycles. The van der Waals surface area contributed by atoms with Gasteiger partial charge in [-0.1, -0.05) is 30.3 Å². The number of amides is 2. The predicted molar refractivity (Wildman–Crippen MR) is 107 cm³/mol. The highest BCUT2D eigenvalue weighted by atomic mass is 32.1. The fourth-order valence-electron chi connectivity index (χ4n) is 2.34. The van der Waals surface area contributed by atoms with E-state index >= 15 is 0 Å². The predicted octanol–water partition coefficient (Wildman–Crippen LogP) is 4.01. The molecular formula is C20H19N3O3S. The first-order valence-corrected chi connectivity index (χ1v) is 9.17. The summed E-state index contributed by atoms with van der Waals surface area (Å²) in [5, 5.41) is 7.39. The van der Waals surface area contributed by atoms with Crippen LogP contribution in [0.4, 0.5) is 16.2 Å². The van der Waals surface area contributed by atoms with Gasteiger partial charge in [0.2, 0.25) is 0 Å². The van der Waals surface area contributed by atoms with Crippen LogP contribution in [0.15, 0.2) is 66.0 Å². The normalized spacial score (nSPS) is 10.2. The van der Waals surface area contributed by atoms with Crippen LogP contribution in [0.1, 0.15) is 20.8 Å². The third kappa shape index (κ3) is 5.32. The molecule has 27 heavy (non-hydrogen) atoms. The molecule has 3 aromatic rings. The monoisotopic (exact) mass is 381 g/mol. The fraction of sp³-hybridized carbons (Fsp3) is 0.100. The van der Waals surface area contributed by atoms with Gasteiger partial charge in [0.25, 0.3) is 5.91 Å². The number of nitrogen functional groups attached to an aromatic ring is 1. The van der Waals surface area contributed by atoms with Gasteiger partial charge in [-0.15, -0.1) is 11.3 Å². The number of rotatable bonds is 6. The third-order valence-electron chi connectivity index (χ3n) is 3.79. The van der Waals surface area contributed by atoms with Crippen molar-refractivity contribution in [3.05, 3.63) is 82.0 Å². The maximum atomic E-state index is 12.3. The smallest absolute Gasteiger partial charge is 0.407 e. The molecule has 0 bridgehead atoms. The number of hydrogen-bond acceptors (Lipinski definition) is 5. The zero-order valence-corrected chi connectivity index (χ0v) is 15.3. The van der Waals surface area contributed by atoms with Crippen LogP contribution >= 0.6 is 11.3 Å². The van der Waals surface area contributed by atoms with Crippen LogP contribution < -0.4 is 16.4 Å². The highest BCUT2D eigenvalue weighted by Crippen LogP contribution is 2.18. The minimum Gasteiger partial charge on any atom is -0.444 e. The Bertz CT molecular complexity index is 908. The van der Waals surface area contributed by atoms with E-state index in [0.29, 0.717) is 23.5 Å². The van der Waals surface area contributed by atoms with Gasteiger partial charge in [0.05, 0.1) is 11.4 Å². The molecule has 0 spiro atoms. The number of benzene rings is 2. The summed E-state index contributed by atoms with van der Waals surface area (Å²) in [4.78, 5) is 25.0. The van der Waals surface area contributed by atoms with Crippen LogP contribution in [0.3, 0.4) is 0 Å². The number of carbonyl (C=O) groups excluding carboxylic acids is 2. The summed E-state index contributed by atoms with van der Waals surface area (Å²) < 4.78 is 5.13. The first kappa shape index (κ1) is 18.5. The summed E-state index contributed by atoms with van der Waals surface area (Å²) in [6.45, 7) is 0.571. The maximum absolute atomic E-state index is 12.3. The standard InChI is InChI=1S/C20H19N3O3S/c21-17-5-1-2-6-18(17)23-19(24)15-9-7-14(8-10-15)12-22-20(25)26-13-16-4-3-11-27-16/h1-11H,12-13,21H2,(H,22,25)(H,23,24). The van der Waals surface area contributed by atoms with Gasteiger partial charge in [-0.2, -0.15) is 0 Å². The van der Waals surface area contributed by atoms with Gasteiger partial charge >= 0.3 is 6.09 Å². The van der Waals surface area contributed by atoms with E-state index in [-0.39, 0.29) is 12.5 Å². The molecular weight excluding hydrogens is 362 g/mol. The Morgan fingerprint density at radius 3 is 2.48 bits per heavy atom. The molecule has 2 aromatic carbocycles. The van der Waals surface area contributed by atoms with E-state index in [1.165, 1.54) is 11.3 Å². The van der Waals surface area contributed by atoms with Crippen molar-refractivity contribution >= 4 is 34.7 Å². The molecule has 2 amide bonds. The van der Waals surface area contributed by atoms with Crippen molar-refractivity contribution in [1.29, 1.82) is 0 Å². The van der Waals surface area contributed by atoms with Gasteiger partial charge in [0, 0.05) is 17.0 Å². The SMILES string of the molecule is Nc1ccccc1NC(=O)c1ccc(CNC(=O)OCc2cccs2)cc1. The van der Waals surface area contributed by atoms with E-state index in [1.807, 2.05) is 17.5 Å². The quantitative estimate of drug-likeness (QED) is 0.563. The van der Waals surface area contributed by atoms with Crippen LogP contribution in [0, 0.1) is 0 Å². The third-order valence-corrected chi connectivity index (χ3v) is 4.64. The minimum absolute atomic E-state index is 0.247. The molecule has 6 nitrogen and oxygen atoms in total. The lowest BCUT2D eigenvalue weighted by Crippen LogP contribution is -2.23. The molecule has 0 aliphatic carbocycles. The molecule has 0 unspecified atom stereocenters. The van der Waals surface area contributed by atoms with Crippen molar-refractivity contribution in [2.75, 3.05) is 11.1 Å². The molecule has 0 saturated heterocycles. The lowest BCUT2D eigenvalue weighted by atomic mass is 10.1. The Morgan fingerprint density at radius 2 is 1.78 bits per heavy atom. The van der Waals surface area contributed by atoms with E-state index in [2.05, 4.69) is 10.6 Å². The number of nitrogens with one attached hydrogen (secondary N) is 2. The van der Waals surface area contributed by atoms with Crippen LogP contribution in [-0.4, -0.2) is 12.0 Å². The van der Waals surface area contributed by atoms with Crippen LogP contribution in [-0.2, 0) is 17.9 Å². The number of alkyl carbamates (subject to hydrolysis) is 1. The largest absolute Gasteiger partial charge is 0.444 e. The van der Waals surface area contributed by atoms with E-state index in [9.17, 15) is 9.59 Å². The molecule has 0 aliphatic heterocycles. The molecule has 0 aliphatic rings. The number of anilines is 2. The molecule has 0 fully saturated rings. The number of para-hydroxylation sites is 2. The van der Waals surface area contributed by atoms with Crippen LogP contribution in [0.5, 0.6) is 0 Å². The number of thiophene rings is 1. The molecule has 3 rings (SSSR count). The molecule has 0 atom stereocenters. The average Bonchev–Trinajstić information content (AvgIpc) is 3.20. The van der Waals surface area contributed by atoms with E-state index in [0.717, 1.165) is 10.4 Å². The van der Waals surface area contributed by atoms with Crippen molar-refractivity contribution in [3.8, 4) is 0 Å². The summed E-state index contributed by atoms with van der Waals surface area (Å²) in [6, 6.07) is 17.8. The molecule has 7 heteroatoms. The Hall–Kier alpha value is -3.32. The number of hydrogen-bond donors (Lipinski definition) is 3. The molecule has 138 valence electrons. The minimum atomic E-state index is -0.482. The number of ether oxygens (including phenoxy) is 1. The number of nitrogens with two attached hydrogens (primary N) is 1. The zero-order chi connectivity index (χ0) is 19.1. The van der Waals surface area contributed by atoms with Gasteiger partial charge in [-0.25, -0.2) is 4.79 Å². The second-order valence-electron chi connectivity index (χ2n) is 5.75. The Kier molecular flexibility index (Phi) is 6.06. The summed E-state index contributed by atoms with van der Waals surface area (Å²) in [5.74, 6) is -0.247. The first-order chi connectivity index (χ1) is 13.1. The van der Waals surface area contributed by atoms with Gasteiger partial charge in [-0.3, -0.25) is 4.79 Å². The van der Waals surface area contributed by atoms with Gasteiger partial charge in [0.15, 0.2) is 0 Å². The Labute approximate surface area is 161 Å². The molecule has 0 saturated carbocycles. The topological polar surface area (TPSA) is 93.5 Å². The van der Waals surface area contributed by atoms with Crippen molar-refractivity contribution in [3.63, 3.8) is 0 Å². The van der Waals surface area contributed by atoms with E-state index < -0.39 is 6.09 Å². The van der Waals surface area contributed by atoms with Crippen molar-refractivity contribution < 1.29 is 14.3 Å². The van der Waals surface area contributed by atoms with Gasteiger partial charge in [0.1, 0.15) is 6.61 Å². The molecule has 4 N–H and O–H groups in total. The van der Waals surface area contributed by atoms with E-state index in [4.69, 9.17) is 10.5 Å². The van der Waals surface area contributed by atoms with Crippen molar-refractivity contribution in [1.82, 2.24) is 5.32 Å². The molecule has 0 radical (unpaired) electrons. The zero-order valence-electron chi connectivity index (χ0n) is 14.5.